The summed E-state index contributed by atoms with van der Waals surface area (Å²) in [6.07, 6.45) is 10.7. The van der Waals surface area contributed by atoms with E-state index in [2.05, 4.69) is 13.2 Å². The van der Waals surface area contributed by atoms with E-state index in [4.69, 9.17) is 0 Å². The molecule has 2 saturated carbocycles. The van der Waals surface area contributed by atoms with Crippen molar-refractivity contribution in [3.63, 3.8) is 0 Å². The quantitative estimate of drug-likeness (QED) is 0.724. The topological polar surface area (TPSA) is 40.5 Å². The molecule has 0 saturated heterocycles. The standard InChI is InChI=1S/C19H32O2/c1-4-19(3,21)12-6-9-16-14(2)10-11-17-15(13-20)7-5-8-18(16)17/h4,15-18,20-21H,1-2,5-13H2,3H3. The Bertz CT molecular complexity index is 372. The average Bonchev–Trinajstić information content (AvgIpc) is 2.48. The van der Waals surface area contributed by atoms with Gasteiger partial charge in [-0.25, -0.2) is 0 Å². The molecule has 2 N–H and O–H groups in total. The van der Waals surface area contributed by atoms with Gasteiger partial charge in [-0.2, -0.15) is 0 Å². The van der Waals surface area contributed by atoms with E-state index in [1.807, 2.05) is 6.92 Å². The fourth-order valence-corrected chi connectivity index (χ4v) is 4.61. The molecule has 2 aliphatic rings. The maximum atomic E-state index is 10.1. The van der Waals surface area contributed by atoms with Crippen molar-refractivity contribution in [1.82, 2.24) is 0 Å². The predicted molar refractivity (Wildman–Crippen MR) is 87.9 cm³/mol. The number of rotatable bonds is 6. The zero-order valence-electron chi connectivity index (χ0n) is 13.6. The van der Waals surface area contributed by atoms with Crippen molar-refractivity contribution in [2.75, 3.05) is 6.61 Å². The van der Waals surface area contributed by atoms with E-state index in [0.29, 0.717) is 30.3 Å². The summed E-state index contributed by atoms with van der Waals surface area (Å²) in [7, 11) is 0. The van der Waals surface area contributed by atoms with E-state index in [1.54, 1.807) is 6.08 Å². The molecule has 0 amide bonds. The minimum atomic E-state index is -0.740. The first-order valence-electron chi connectivity index (χ1n) is 8.63. The van der Waals surface area contributed by atoms with Crippen LogP contribution >= 0.6 is 0 Å². The Morgan fingerprint density at radius 2 is 2.05 bits per heavy atom. The number of hydrogen-bond acceptors (Lipinski definition) is 2. The van der Waals surface area contributed by atoms with Crippen molar-refractivity contribution >= 4 is 0 Å². The van der Waals surface area contributed by atoms with Gasteiger partial charge in [0.1, 0.15) is 0 Å². The molecule has 2 heteroatoms. The Morgan fingerprint density at radius 1 is 1.29 bits per heavy atom. The fraction of sp³-hybridized carbons (Fsp3) is 0.789. The molecule has 2 aliphatic carbocycles. The zero-order valence-corrected chi connectivity index (χ0v) is 13.6. The van der Waals surface area contributed by atoms with Crippen molar-refractivity contribution in [2.45, 2.75) is 63.9 Å². The highest BCUT2D eigenvalue weighted by atomic mass is 16.3. The monoisotopic (exact) mass is 292 g/mol. The molecular weight excluding hydrogens is 260 g/mol. The molecule has 21 heavy (non-hydrogen) atoms. The highest BCUT2D eigenvalue weighted by Crippen LogP contribution is 2.49. The van der Waals surface area contributed by atoms with E-state index in [9.17, 15) is 10.2 Å². The van der Waals surface area contributed by atoms with E-state index in [1.165, 1.54) is 31.3 Å². The van der Waals surface area contributed by atoms with E-state index in [-0.39, 0.29) is 0 Å². The minimum Gasteiger partial charge on any atom is -0.396 e. The highest BCUT2D eigenvalue weighted by Gasteiger charge is 2.40. The fourth-order valence-electron chi connectivity index (χ4n) is 4.61. The second kappa shape index (κ2) is 7.11. The number of aliphatic hydroxyl groups is 2. The molecule has 5 unspecified atom stereocenters. The second-order valence-electron chi connectivity index (χ2n) is 7.46. The molecule has 0 aromatic heterocycles. The Balaban J connectivity index is 1.96. The third-order valence-corrected chi connectivity index (χ3v) is 5.98. The van der Waals surface area contributed by atoms with E-state index < -0.39 is 5.60 Å². The van der Waals surface area contributed by atoms with Crippen LogP contribution in [-0.2, 0) is 0 Å². The molecule has 2 nitrogen and oxygen atoms in total. The molecule has 5 atom stereocenters. The number of fused-ring (bicyclic) bond motifs is 1. The SMILES string of the molecule is C=CC(C)(O)CCCC1C(=C)CCC2C(CO)CCCC12. The van der Waals surface area contributed by atoms with Crippen LogP contribution in [0.5, 0.6) is 0 Å². The van der Waals surface area contributed by atoms with Gasteiger partial charge >= 0.3 is 0 Å². The van der Waals surface area contributed by atoms with Gasteiger partial charge in [0.05, 0.1) is 5.60 Å². The average molecular weight is 292 g/mol. The summed E-state index contributed by atoms with van der Waals surface area (Å²) >= 11 is 0. The third-order valence-electron chi connectivity index (χ3n) is 5.98. The molecule has 0 aromatic carbocycles. The first kappa shape index (κ1) is 16.8. The van der Waals surface area contributed by atoms with Gasteiger partial charge in [0, 0.05) is 6.61 Å². The minimum absolute atomic E-state index is 0.353. The van der Waals surface area contributed by atoms with Crippen molar-refractivity contribution in [2.24, 2.45) is 23.7 Å². The molecular formula is C19H32O2. The van der Waals surface area contributed by atoms with Gasteiger partial charge in [-0.3, -0.25) is 0 Å². The summed E-state index contributed by atoms with van der Waals surface area (Å²) in [5, 5.41) is 19.7. The molecule has 2 rings (SSSR count). The van der Waals surface area contributed by atoms with Crippen LogP contribution in [0.3, 0.4) is 0 Å². The van der Waals surface area contributed by atoms with Crippen LogP contribution in [0, 0.1) is 23.7 Å². The Morgan fingerprint density at radius 3 is 2.71 bits per heavy atom. The van der Waals surface area contributed by atoms with Gasteiger partial charge in [0.2, 0.25) is 0 Å². The summed E-state index contributed by atoms with van der Waals surface area (Å²) in [4.78, 5) is 0. The van der Waals surface area contributed by atoms with Gasteiger partial charge in [0.25, 0.3) is 0 Å². The Kier molecular flexibility index (Phi) is 5.67. The van der Waals surface area contributed by atoms with Gasteiger partial charge in [-0.1, -0.05) is 24.6 Å². The summed E-state index contributed by atoms with van der Waals surface area (Å²) in [6.45, 7) is 10.2. The lowest BCUT2D eigenvalue weighted by Gasteiger charge is -2.46. The van der Waals surface area contributed by atoms with Crippen LogP contribution in [0.4, 0.5) is 0 Å². The van der Waals surface area contributed by atoms with Gasteiger partial charge in [-0.05, 0) is 75.5 Å². The lowest BCUT2D eigenvalue weighted by molar-refractivity contribution is 0.0398. The first-order chi connectivity index (χ1) is 9.98. The maximum Gasteiger partial charge on any atom is 0.0797 e. The maximum absolute atomic E-state index is 10.1. The zero-order chi connectivity index (χ0) is 15.5. The van der Waals surface area contributed by atoms with Crippen molar-refractivity contribution in [3.8, 4) is 0 Å². The van der Waals surface area contributed by atoms with Gasteiger partial charge in [0.15, 0.2) is 0 Å². The normalized spacial score (nSPS) is 35.9. The molecule has 0 heterocycles. The van der Waals surface area contributed by atoms with Crippen LogP contribution < -0.4 is 0 Å². The van der Waals surface area contributed by atoms with Crippen molar-refractivity contribution < 1.29 is 10.2 Å². The van der Waals surface area contributed by atoms with Crippen LogP contribution in [0.15, 0.2) is 24.8 Å². The van der Waals surface area contributed by atoms with Gasteiger partial charge < -0.3 is 10.2 Å². The van der Waals surface area contributed by atoms with Crippen molar-refractivity contribution in [1.29, 1.82) is 0 Å². The Hall–Kier alpha value is -0.600. The summed E-state index contributed by atoms with van der Waals surface area (Å²) in [5.41, 5.74) is 0.670. The summed E-state index contributed by atoms with van der Waals surface area (Å²) < 4.78 is 0. The number of hydrogen-bond donors (Lipinski definition) is 2. The largest absolute Gasteiger partial charge is 0.396 e. The molecule has 0 bridgehead atoms. The molecule has 2 fully saturated rings. The summed E-state index contributed by atoms with van der Waals surface area (Å²) in [6, 6.07) is 0. The van der Waals surface area contributed by atoms with E-state index in [0.717, 1.165) is 25.7 Å². The summed E-state index contributed by atoms with van der Waals surface area (Å²) in [5.74, 6) is 2.51. The number of aliphatic hydroxyl groups excluding tert-OH is 1. The number of allylic oxidation sites excluding steroid dienone is 1. The molecule has 0 radical (unpaired) electrons. The molecule has 0 aromatic rings. The Labute approximate surface area is 130 Å². The van der Waals surface area contributed by atoms with Crippen LogP contribution in [-0.4, -0.2) is 22.4 Å². The van der Waals surface area contributed by atoms with Crippen LogP contribution in [0.1, 0.15) is 58.3 Å². The van der Waals surface area contributed by atoms with Crippen molar-refractivity contribution in [3.05, 3.63) is 24.8 Å². The molecule has 0 spiro atoms. The molecule has 0 aliphatic heterocycles. The van der Waals surface area contributed by atoms with E-state index >= 15 is 0 Å². The highest BCUT2D eigenvalue weighted by molar-refractivity contribution is 5.10. The lowest BCUT2D eigenvalue weighted by Crippen LogP contribution is -2.38. The molecule has 120 valence electrons. The predicted octanol–water partition coefficient (Wildman–Crippen LogP) is 4.08. The third kappa shape index (κ3) is 3.98. The van der Waals surface area contributed by atoms with Crippen LogP contribution in [0.2, 0.25) is 0 Å². The smallest absolute Gasteiger partial charge is 0.0797 e. The van der Waals surface area contributed by atoms with Crippen LogP contribution in [0.25, 0.3) is 0 Å². The lowest BCUT2D eigenvalue weighted by atomic mass is 9.59. The second-order valence-corrected chi connectivity index (χ2v) is 7.46. The van der Waals surface area contributed by atoms with Gasteiger partial charge in [-0.15, -0.1) is 6.58 Å². The first-order valence-corrected chi connectivity index (χ1v) is 8.63.